The highest BCUT2D eigenvalue weighted by Crippen LogP contribution is 2.28. The SMILES string of the molecule is C=CC(=O)c1ccc(C(=O)O)c(-c2ccc(-c3ccccc3)cc2)c1. The Bertz CT molecular complexity index is 939. The second-order valence-corrected chi connectivity index (χ2v) is 5.58. The normalized spacial score (nSPS) is 10.2. The first-order valence-corrected chi connectivity index (χ1v) is 7.80. The minimum Gasteiger partial charge on any atom is -0.478 e. The Balaban J connectivity index is 2.07. The van der Waals surface area contributed by atoms with Gasteiger partial charge in [-0.2, -0.15) is 0 Å². The summed E-state index contributed by atoms with van der Waals surface area (Å²) < 4.78 is 0. The van der Waals surface area contributed by atoms with Gasteiger partial charge >= 0.3 is 5.97 Å². The predicted octanol–water partition coefficient (Wildman–Crippen LogP) is 5.09. The van der Waals surface area contributed by atoms with Crippen LogP contribution in [-0.2, 0) is 0 Å². The van der Waals surface area contributed by atoms with E-state index >= 15 is 0 Å². The largest absolute Gasteiger partial charge is 0.478 e. The number of allylic oxidation sites excluding steroid dienone is 1. The monoisotopic (exact) mass is 328 g/mol. The molecule has 0 saturated carbocycles. The van der Waals surface area contributed by atoms with Crippen molar-refractivity contribution in [2.75, 3.05) is 0 Å². The summed E-state index contributed by atoms with van der Waals surface area (Å²) in [4.78, 5) is 23.4. The van der Waals surface area contributed by atoms with E-state index in [9.17, 15) is 14.7 Å². The van der Waals surface area contributed by atoms with Crippen LogP contribution in [0.25, 0.3) is 22.3 Å². The van der Waals surface area contributed by atoms with E-state index in [1.165, 1.54) is 18.2 Å². The molecule has 0 aliphatic carbocycles. The van der Waals surface area contributed by atoms with Crippen molar-refractivity contribution in [3.8, 4) is 22.3 Å². The molecule has 3 heteroatoms. The van der Waals surface area contributed by atoms with E-state index < -0.39 is 5.97 Å². The average Bonchev–Trinajstić information content (AvgIpc) is 2.67. The lowest BCUT2D eigenvalue weighted by Crippen LogP contribution is -2.02. The zero-order chi connectivity index (χ0) is 17.8. The van der Waals surface area contributed by atoms with Crippen LogP contribution < -0.4 is 0 Å². The number of carboxylic acids is 1. The summed E-state index contributed by atoms with van der Waals surface area (Å²) in [6, 6.07) is 22.1. The van der Waals surface area contributed by atoms with Crippen LogP contribution in [0.15, 0.2) is 85.5 Å². The topological polar surface area (TPSA) is 54.4 Å². The number of ketones is 1. The molecule has 0 aliphatic rings. The van der Waals surface area contributed by atoms with Gasteiger partial charge in [-0.15, -0.1) is 0 Å². The molecule has 3 nitrogen and oxygen atoms in total. The molecule has 0 aromatic heterocycles. The van der Waals surface area contributed by atoms with Crippen LogP contribution in [0.2, 0.25) is 0 Å². The number of hydrogen-bond acceptors (Lipinski definition) is 2. The maximum atomic E-state index is 11.9. The fourth-order valence-electron chi connectivity index (χ4n) is 2.71. The number of carboxylic acid groups (broad SMARTS) is 1. The van der Waals surface area contributed by atoms with Crippen molar-refractivity contribution in [3.63, 3.8) is 0 Å². The molecular formula is C22H16O3. The molecule has 3 rings (SSSR count). The summed E-state index contributed by atoms with van der Waals surface area (Å²) in [7, 11) is 0. The van der Waals surface area contributed by atoms with Crippen LogP contribution in [0.4, 0.5) is 0 Å². The Morgan fingerprint density at radius 1 is 0.800 bits per heavy atom. The lowest BCUT2D eigenvalue weighted by atomic mass is 9.94. The highest BCUT2D eigenvalue weighted by molar-refractivity contribution is 6.06. The minimum atomic E-state index is -1.03. The predicted molar refractivity (Wildman–Crippen MR) is 98.8 cm³/mol. The Kier molecular flexibility index (Phi) is 4.57. The van der Waals surface area contributed by atoms with Crippen molar-refractivity contribution in [3.05, 3.63) is 96.6 Å². The molecule has 0 unspecified atom stereocenters. The molecular weight excluding hydrogens is 312 g/mol. The lowest BCUT2D eigenvalue weighted by molar-refractivity contribution is 0.0697. The molecule has 0 aliphatic heterocycles. The molecule has 25 heavy (non-hydrogen) atoms. The van der Waals surface area contributed by atoms with Gasteiger partial charge in [0.25, 0.3) is 0 Å². The zero-order valence-electron chi connectivity index (χ0n) is 13.5. The van der Waals surface area contributed by atoms with Gasteiger partial charge in [-0.1, -0.05) is 67.2 Å². The summed E-state index contributed by atoms with van der Waals surface area (Å²) in [6.45, 7) is 3.48. The number of aromatic carboxylic acids is 1. The summed E-state index contributed by atoms with van der Waals surface area (Å²) in [5.41, 5.74) is 3.97. The third-order valence-corrected chi connectivity index (χ3v) is 4.02. The highest BCUT2D eigenvalue weighted by atomic mass is 16.4. The first kappa shape index (κ1) is 16.4. The lowest BCUT2D eigenvalue weighted by Gasteiger charge is -2.10. The quantitative estimate of drug-likeness (QED) is 0.524. The van der Waals surface area contributed by atoms with Crippen LogP contribution in [0.5, 0.6) is 0 Å². The molecule has 0 amide bonds. The molecule has 0 saturated heterocycles. The zero-order valence-corrected chi connectivity index (χ0v) is 13.5. The number of rotatable bonds is 5. The third-order valence-electron chi connectivity index (χ3n) is 4.02. The van der Waals surface area contributed by atoms with Crippen molar-refractivity contribution in [1.29, 1.82) is 0 Å². The molecule has 0 atom stereocenters. The molecule has 0 heterocycles. The van der Waals surface area contributed by atoms with Gasteiger partial charge in [0.05, 0.1) is 5.56 Å². The molecule has 0 radical (unpaired) electrons. The number of carbonyl (C=O) groups is 2. The maximum absolute atomic E-state index is 11.9. The number of carbonyl (C=O) groups excluding carboxylic acids is 1. The van der Waals surface area contributed by atoms with E-state index in [-0.39, 0.29) is 11.3 Å². The fraction of sp³-hybridized carbons (Fsp3) is 0. The second kappa shape index (κ2) is 6.97. The fourth-order valence-corrected chi connectivity index (χ4v) is 2.71. The Morgan fingerprint density at radius 3 is 2.00 bits per heavy atom. The second-order valence-electron chi connectivity index (χ2n) is 5.58. The van der Waals surface area contributed by atoms with Crippen LogP contribution in [0.1, 0.15) is 20.7 Å². The minimum absolute atomic E-state index is 0.160. The van der Waals surface area contributed by atoms with Crippen molar-refractivity contribution >= 4 is 11.8 Å². The first-order chi connectivity index (χ1) is 12.1. The Labute approximate surface area is 145 Å². The van der Waals surface area contributed by atoms with Crippen LogP contribution in [-0.4, -0.2) is 16.9 Å². The molecule has 0 bridgehead atoms. The van der Waals surface area contributed by atoms with E-state index in [4.69, 9.17) is 0 Å². The molecule has 0 fully saturated rings. The van der Waals surface area contributed by atoms with Gasteiger partial charge in [-0.05, 0) is 40.5 Å². The highest BCUT2D eigenvalue weighted by Gasteiger charge is 2.14. The van der Waals surface area contributed by atoms with Gasteiger partial charge in [0.15, 0.2) is 5.78 Å². The Hall–Kier alpha value is -3.46. The van der Waals surface area contributed by atoms with Crippen molar-refractivity contribution in [2.45, 2.75) is 0 Å². The van der Waals surface area contributed by atoms with Gasteiger partial charge < -0.3 is 5.11 Å². The van der Waals surface area contributed by atoms with Crippen LogP contribution in [0.3, 0.4) is 0 Å². The molecule has 3 aromatic carbocycles. The van der Waals surface area contributed by atoms with Gasteiger partial charge in [0, 0.05) is 5.56 Å². The summed E-state index contributed by atoms with van der Waals surface area (Å²) >= 11 is 0. The van der Waals surface area contributed by atoms with Gasteiger partial charge in [-0.25, -0.2) is 4.79 Å². The number of hydrogen-bond donors (Lipinski definition) is 1. The van der Waals surface area contributed by atoms with Crippen molar-refractivity contribution < 1.29 is 14.7 Å². The molecule has 0 spiro atoms. The Morgan fingerprint density at radius 2 is 1.40 bits per heavy atom. The van der Waals surface area contributed by atoms with E-state index in [0.29, 0.717) is 11.1 Å². The standard InChI is InChI=1S/C22H16O3/c1-2-21(23)18-12-13-19(22(24)25)20(14-18)17-10-8-16(9-11-17)15-6-4-3-5-7-15/h2-14H,1H2,(H,24,25). The van der Waals surface area contributed by atoms with Crippen molar-refractivity contribution in [2.24, 2.45) is 0 Å². The van der Waals surface area contributed by atoms with Gasteiger partial charge in [-0.3, -0.25) is 4.79 Å². The molecule has 3 aromatic rings. The summed E-state index contributed by atoms with van der Waals surface area (Å²) in [6.07, 6.45) is 1.22. The van der Waals surface area contributed by atoms with Crippen molar-refractivity contribution in [1.82, 2.24) is 0 Å². The maximum Gasteiger partial charge on any atom is 0.336 e. The van der Waals surface area contributed by atoms with E-state index in [1.54, 1.807) is 6.07 Å². The molecule has 122 valence electrons. The smallest absolute Gasteiger partial charge is 0.336 e. The average molecular weight is 328 g/mol. The van der Waals surface area contributed by atoms with E-state index in [2.05, 4.69) is 6.58 Å². The van der Waals surface area contributed by atoms with Crippen LogP contribution in [0, 0.1) is 0 Å². The third kappa shape index (κ3) is 3.40. The number of benzene rings is 3. The van der Waals surface area contributed by atoms with E-state index in [1.807, 2.05) is 54.6 Å². The van der Waals surface area contributed by atoms with Gasteiger partial charge in [0.1, 0.15) is 0 Å². The van der Waals surface area contributed by atoms with Crippen LogP contribution >= 0.6 is 0 Å². The first-order valence-electron chi connectivity index (χ1n) is 7.80. The van der Waals surface area contributed by atoms with Gasteiger partial charge in [0.2, 0.25) is 0 Å². The summed E-state index contributed by atoms with van der Waals surface area (Å²) in [5.74, 6) is -1.26. The summed E-state index contributed by atoms with van der Waals surface area (Å²) in [5, 5.41) is 9.44. The van der Waals surface area contributed by atoms with E-state index in [0.717, 1.165) is 16.7 Å². The molecule has 1 N–H and O–H groups in total.